The molecule has 3 amide bonds. The lowest BCUT2D eigenvalue weighted by Crippen LogP contribution is -2.27. The van der Waals surface area contributed by atoms with Gasteiger partial charge in [-0.2, -0.15) is 0 Å². The Bertz CT molecular complexity index is 1080. The molecule has 0 spiro atoms. The number of aromatic carboxylic acids is 1. The quantitative estimate of drug-likeness (QED) is 0.382. The topological polar surface area (TPSA) is 205 Å². The molecule has 0 saturated carbocycles. The highest BCUT2D eigenvalue weighted by molar-refractivity contribution is 5.92. The van der Waals surface area contributed by atoms with Crippen LogP contribution in [0.3, 0.4) is 0 Å². The molecular weight excluding hydrogens is 500 g/mol. The second kappa shape index (κ2) is 15.2. The fraction of sp³-hybridized carbons (Fsp3) is 0.565. The number of hydrogen-bond donors (Lipinski definition) is 5. The number of rotatable bonds is 4. The molecule has 216 valence electrons. The molecule has 0 atom stereocenters. The molecule has 0 bridgehead atoms. The van der Waals surface area contributed by atoms with Gasteiger partial charge >= 0.3 is 18.2 Å². The van der Waals surface area contributed by atoms with Crippen molar-refractivity contribution in [1.29, 1.82) is 0 Å². The molecule has 0 unspecified atom stereocenters. The van der Waals surface area contributed by atoms with Crippen molar-refractivity contribution in [2.24, 2.45) is 19.8 Å². The molecule has 15 nitrogen and oxygen atoms in total. The smallest absolute Gasteiger partial charge is 0.413 e. The summed E-state index contributed by atoms with van der Waals surface area (Å²) in [6.07, 6.45) is 1.65. The van der Waals surface area contributed by atoms with E-state index < -0.39 is 29.4 Å². The second-order valence-corrected chi connectivity index (χ2v) is 9.26. The average Bonchev–Trinajstić information content (AvgIpc) is 3.28. The van der Waals surface area contributed by atoms with Crippen LogP contribution < -0.4 is 21.7 Å². The van der Waals surface area contributed by atoms with Gasteiger partial charge in [0.05, 0.1) is 0 Å². The van der Waals surface area contributed by atoms with Crippen LogP contribution >= 0.6 is 0 Å². The van der Waals surface area contributed by atoms with E-state index in [9.17, 15) is 19.2 Å². The van der Waals surface area contributed by atoms with E-state index in [1.165, 1.54) is 42.7 Å². The molecule has 0 aliphatic carbocycles. The van der Waals surface area contributed by atoms with Gasteiger partial charge in [-0.3, -0.25) is 15.4 Å². The van der Waals surface area contributed by atoms with Gasteiger partial charge in [0.25, 0.3) is 5.91 Å². The fourth-order valence-electron chi connectivity index (χ4n) is 2.39. The molecule has 0 aliphatic rings. The van der Waals surface area contributed by atoms with E-state index in [1.807, 2.05) is 0 Å². The first-order valence-electron chi connectivity index (χ1n) is 11.0. The third-order valence-corrected chi connectivity index (χ3v) is 3.63. The molecule has 0 saturated heterocycles. The summed E-state index contributed by atoms with van der Waals surface area (Å²) in [4.78, 5) is 52.8. The van der Waals surface area contributed by atoms with E-state index in [2.05, 4.69) is 31.7 Å². The highest BCUT2D eigenvalue weighted by atomic mass is 16.6. The lowest BCUT2D eigenvalue weighted by atomic mass is 10.2. The van der Waals surface area contributed by atoms with Gasteiger partial charge in [0.15, 0.2) is 11.6 Å². The molecular formula is C23H42N8O7. The SMILES string of the molecule is C.CN.CNC(=O)c1nc(NC(=O)OC(C)(C)C)cn1C.Cn1cc(NC(=O)OC(C)(C)C)nc1C(=O)O. The maximum absolute atomic E-state index is 11.5. The number of nitrogens with zero attached hydrogens (tertiary/aromatic N) is 4. The zero-order chi connectivity index (χ0) is 29.1. The first kappa shape index (κ1) is 36.0. The van der Waals surface area contributed by atoms with Crippen molar-refractivity contribution in [2.75, 3.05) is 24.7 Å². The van der Waals surface area contributed by atoms with Crippen LogP contribution in [0.5, 0.6) is 0 Å². The van der Waals surface area contributed by atoms with Crippen molar-refractivity contribution < 1.29 is 33.8 Å². The number of carboxylic acids is 1. The number of ether oxygens (including phenoxy) is 2. The molecule has 15 heteroatoms. The lowest BCUT2D eigenvalue weighted by molar-refractivity contribution is 0.0623. The number of aromatic nitrogens is 4. The summed E-state index contributed by atoms with van der Waals surface area (Å²) in [7, 11) is 6.20. The fourth-order valence-corrected chi connectivity index (χ4v) is 2.39. The molecule has 38 heavy (non-hydrogen) atoms. The van der Waals surface area contributed by atoms with Gasteiger partial charge < -0.3 is 34.8 Å². The van der Waals surface area contributed by atoms with E-state index in [0.29, 0.717) is 0 Å². The van der Waals surface area contributed by atoms with E-state index in [-0.39, 0.29) is 36.6 Å². The summed E-state index contributed by atoms with van der Waals surface area (Å²) >= 11 is 0. The Morgan fingerprint density at radius 1 is 0.816 bits per heavy atom. The Kier molecular flexibility index (Phi) is 14.4. The van der Waals surface area contributed by atoms with Gasteiger partial charge in [0.2, 0.25) is 11.6 Å². The number of amides is 3. The van der Waals surface area contributed by atoms with E-state index in [4.69, 9.17) is 14.6 Å². The number of aryl methyl sites for hydroxylation is 2. The standard InChI is InChI=1S/C11H18N4O3.C10H15N3O4.CH5N.CH4/c1-11(2,3)18-10(17)14-7-6-15(5)8(13-7)9(16)12-4;1-10(2,3)17-9(16)12-6-5-13(4)7(11-6)8(14)15;1-2;/h6H,1-5H3,(H,12,16)(H,14,17);5H,1-4H3,(H,12,16)(H,14,15);2H2,1H3;1H4. The average molecular weight is 543 g/mol. The van der Waals surface area contributed by atoms with E-state index in [1.54, 1.807) is 48.6 Å². The molecule has 2 rings (SSSR count). The monoisotopic (exact) mass is 542 g/mol. The molecule has 0 aliphatic heterocycles. The van der Waals surface area contributed by atoms with Crippen molar-refractivity contribution in [2.45, 2.75) is 60.2 Å². The van der Waals surface area contributed by atoms with Crippen LogP contribution in [0.4, 0.5) is 21.2 Å². The van der Waals surface area contributed by atoms with Gasteiger partial charge in [-0.15, -0.1) is 0 Å². The predicted octanol–water partition coefficient (Wildman–Crippen LogP) is 2.80. The summed E-state index contributed by atoms with van der Waals surface area (Å²) in [5.74, 6) is -1.02. The van der Waals surface area contributed by atoms with E-state index >= 15 is 0 Å². The number of nitrogens with one attached hydrogen (secondary N) is 3. The van der Waals surface area contributed by atoms with Crippen LogP contribution in [0.2, 0.25) is 0 Å². The summed E-state index contributed by atoms with van der Waals surface area (Å²) < 4.78 is 12.9. The van der Waals surface area contributed by atoms with Gasteiger partial charge in [-0.05, 0) is 48.6 Å². The summed E-state index contributed by atoms with van der Waals surface area (Å²) in [5.41, 5.74) is 3.30. The summed E-state index contributed by atoms with van der Waals surface area (Å²) in [6.45, 7) is 10.5. The van der Waals surface area contributed by atoms with Gasteiger partial charge in [-0.25, -0.2) is 24.4 Å². The molecule has 2 aromatic heterocycles. The highest BCUT2D eigenvalue weighted by Gasteiger charge is 2.20. The Labute approximate surface area is 223 Å². The Morgan fingerprint density at radius 2 is 1.16 bits per heavy atom. The molecule has 0 fully saturated rings. The number of anilines is 2. The normalized spacial score (nSPS) is 10.3. The van der Waals surface area contributed by atoms with Gasteiger partial charge in [0, 0.05) is 33.5 Å². The Balaban J connectivity index is 0. The minimum Gasteiger partial charge on any atom is -0.475 e. The number of carbonyl (C=O) groups excluding carboxylic acids is 3. The molecule has 0 aromatic carbocycles. The van der Waals surface area contributed by atoms with Gasteiger partial charge in [0.1, 0.15) is 11.2 Å². The summed E-state index contributed by atoms with van der Waals surface area (Å²) in [5, 5.41) is 16.1. The Morgan fingerprint density at radius 3 is 1.45 bits per heavy atom. The maximum atomic E-state index is 11.5. The zero-order valence-electron chi connectivity index (χ0n) is 22.9. The second-order valence-electron chi connectivity index (χ2n) is 9.26. The van der Waals surface area contributed by atoms with Crippen molar-refractivity contribution in [3.63, 3.8) is 0 Å². The van der Waals surface area contributed by atoms with Crippen LogP contribution in [0, 0.1) is 0 Å². The number of hydrogen-bond acceptors (Lipinski definition) is 9. The van der Waals surface area contributed by atoms with Crippen LogP contribution in [0.25, 0.3) is 0 Å². The number of nitrogens with two attached hydrogens (primary N) is 1. The third-order valence-electron chi connectivity index (χ3n) is 3.63. The van der Waals surface area contributed by atoms with Crippen molar-refractivity contribution >= 4 is 35.7 Å². The number of carbonyl (C=O) groups is 4. The number of carboxylic acid groups (broad SMARTS) is 1. The lowest BCUT2D eigenvalue weighted by Gasteiger charge is -2.19. The van der Waals surface area contributed by atoms with Crippen LogP contribution in [-0.4, -0.2) is 73.6 Å². The minimum atomic E-state index is -1.16. The first-order valence-corrected chi connectivity index (χ1v) is 11.0. The first-order chi connectivity index (χ1) is 16.9. The van der Waals surface area contributed by atoms with Crippen molar-refractivity contribution in [1.82, 2.24) is 24.4 Å². The molecule has 2 aromatic rings. The van der Waals surface area contributed by atoms with Crippen LogP contribution in [-0.2, 0) is 23.6 Å². The summed E-state index contributed by atoms with van der Waals surface area (Å²) in [6, 6.07) is 0. The molecule has 2 heterocycles. The third kappa shape index (κ3) is 13.2. The van der Waals surface area contributed by atoms with Crippen LogP contribution in [0.1, 0.15) is 70.2 Å². The van der Waals surface area contributed by atoms with Crippen molar-refractivity contribution in [3.8, 4) is 0 Å². The van der Waals surface area contributed by atoms with Crippen LogP contribution in [0.15, 0.2) is 12.4 Å². The van der Waals surface area contributed by atoms with Crippen molar-refractivity contribution in [3.05, 3.63) is 24.0 Å². The predicted molar refractivity (Wildman–Crippen MR) is 143 cm³/mol. The minimum absolute atomic E-state index is 0. The Hall–Kier alpha value is -4.14. The highest BCUT2D eigenvalue weighted by Crippen LogP contribution is 2.12. The maximum Gasteiger partial charge on any atom is 0.413 e. The molecule has 6 N–H and O–H groups in total. The number of imidazole rings is 2. The van der Waals surface area contributed by atoms with Gasteiger partial charge in [-0.1, -0.05) is 7.43 Å². The largest absolute Gasteiger partial charge is 0.475 e. The van der Waals surface area contributed by atoms with E-state index in [0.717, 1.165) is 0 Å². The molecule has 0 radical (unpaired) electrons. The zero-order valence-corrected chi connectivity index (χ0v) is 22.9.